The second-order valence-corrected chi connectivity index (χ2v) is 7.09. The number of ether oxygens (including phenoxy) is 1. The van der Waals surface area contributed by atoms with Gasteiger partial charge in [-0.3, -0.25) is 4.79 Å². The van der Waals surface area contributed by atoms with Gasteiger partial charge in [-0.15, -0.1) is 0 Å². The summed E-state index contributed by atoms with van der Waals surface area (Å²) in [5.74, 6) is 1.43. The molecule has 0 aliphatic carbocycles. The molecule has 2 aromatic carbocycles. The molecule has 0 saturated heterocycles. The number of nitrogens with one attached hydrogen (secondary N) is 1. The Bertz CT molecular complexity index is 983. The lowest BCUT2D eigenvalue weighted by Gasteiger charge is -2.05. The van der Waals surface area contributed by atoms with Crippen molar-refractivity contribution in [3.63, 3.8) is 0 Å². The topological polar surface area (TPSA) is 64.4 Å². The van der Waals surface area contributed by atoms with E-state index in [2.05, 4.69) is 16.5 Å². The van der Waals surface area contributed by atoms with Gasteiger partial charge in [0.1, 0.15) is 11.9 Å². The molecule has 1 atom stereocenters. The van der Waals surface area contributed by atoms with Crippen molar-refractivity contribution in [1.29, 1.82) is 0 Å². The Balaban J connectivity index is 1.39. The number of carbonyl (C=O) groups excluding carboxylic acids is 1. The van der Waals surface area contributed by atoms with E-state index in [0.717, 1.165) is 28.9 Å². The van der Waals surface area contributed by atoms with Crippen LogP contribution in [0.25, 0.3) is 11.3 Å². The molecule has 0 spiro atoms. The SMILES string of the molecule is CC1Cc2cc(-c3cc(CC(=O)NCc4ccccc4Cl)no3)ccc2O1. The third kappa shape index (κ3) is 3.98. The van der Waals surface area contributed by atoms with E-state index in [1.165, 1.54) is 0 Å². The normalized spacial score (nSPS) is 15.3. The van der Waals surface area contributed by atoms with Crippen LogP contribution in [0.2, 0.25) is 5.02 Å². The summed E-state index contributed by atoms with van der Waals surface area (Å²) in [6, 6.07) is 15.2. The minimum atomic E-state index is -0.133. The molecule has 0 radical (unpaired) electrons. The molecule has 27 heavy (non-hydrogen) atoms. The van der Waals surface area contributed by atoms with Gasteiger partial charge in [-0.25, -0.2) is 0 Å². The van der Waals surface area contributed by atoms with Crippen molar-refractivity contribution < 1.29 is 14.1 Å². The van der Waals surface area contributed by atoms with Crippen LogP contribution >= 0.6 is 11.6 Å². The Morgan fingerprint density at radius 3 is 2.96 bits per heavy atom. The highest BCUT2D eigenvalue weighted by Gasteiger charge is 2.20. The number of halogens is 1. The summed E-state index contributed by atoms with van der Waals surface area (Å²) < 4.78 is 11.1. The molecular weight excluding hydrogens is 364 g/mol. The number of benzene rings is 2. The van der Waals surface area contributed by atoms with Gasteiger partial charge in [0.25, 0.3) is 0 Å². The summed E-state index contributed by atoms with van der Waals surface area (Å²) in [4.78, 5) is 12.2. The Hall–Kier alpha value is -2.79. The van der Waals surface area contributed by atoms with Crippen LogP contribution in [0.3, 0.4) is 0 Å². The smallest absolute Gasteiger partial charge is 0.226 e. The highest BCUT2D eigenvalue weighted by Crippen LogP contribution is 2.33. The summed E-state index contributed by atoms with van der Waals surface area (Å²) in [6.45, 7) is 2.43. The van der Waals surface area contributed by atoms with Gasteiger partial charge in [-0.2, -0.15) is 0 Å². The van der Waals surface area contributed by atoms with E-state index in [1.54, 1.807) is 12.1 Å². The number of amides is 1. The first-order valence-corrected chi connectivity index (χ1v) is 9.22. The predicted octanol–water partition coefficient (Wildman–Crippen LogP) is 4.18. The van der Waals surface area contributed by atoms with Crippen LogP contribution in [-0.2, 0) is 24.2 Å². The van der Waals surface area contributed by atoms with Crippen molar-refractivity contribution in [3.8, 4) is 17.1 Å². The quantitative estimate of drug-likeness (QED) is 0.719. The van der Waals surface area contributed by atoms with Crippen LogP contribution in [0, 0.1) is 0 Å². The molecule has 0 saturated carbocycles. The van der Waals surface area contributed by atoms with Crippen LogP contribution in [0.5, 0.6) is 5.75 Å². The van der Waals surface area contributed by atoms with Gasteiger partial charge in [0.2, 0.25) is 5.91 Å². The minimum Gasteiger partial charge on any atom is -0.490 e. The average molecular weight is 383 g/mol. The van der Waals surface area contributed by atoms with E-state index in [-0.39, 0.29) is 18.4 Å². The van der Waals surface area contributed by atoms with Gasteiger partial charge in [-0.1, -0.05) is 35.0 Å². The lowest BCUT2D eigenvalue weighted by molar-refractivity contribution is -0.120. The van der Waals surface area contributed by atoms with Crippen molar-refractivity contribution in [2.45, 2.75) is 32.4 Å². The van der Waals surface area contributed by atoms with Crippen LogP contribution in [0.4, 0.5) is 0 Å². The first-order chi connectivity index (χ1) is 13.1. The average Bonchev–Trinajstić information content (AvgIpc) is 3.25. The van der Waals surface area contributed by atoms with Crippen LogP contribution in [0.15, 0.2) is 53.1 Å². The molecule has 1 amide bonds. The number of hydrogen-bond acceptors (Lipinski definition) is 4. The summed E-state index contributed by atoms with van der Waals surface area (Å²) in [5, 5.41) is 7.51. The molecule has 1 aliphatic heterocycles. The molecule has 6 heteroatoms. The maximum absolute atomic E-state index is 12.2. The molecule has 1 aromatic heterocycles. The van der Waals surface area contributed by atoms with Gasteiger partial charge in [-0.05, 0) is 42.3 Å². The molecule has 4 rings (SSSR count). The summed E-state index contributed by atoms with van der Waals surface area (Å²) in [5.41, 5.74) is 3.56. The van der Waals surface area contributed by atoms with E-state index in [1.807, 2.05) is 37.3 Å². The Kier molecular flexibility index (Phi) is 4.86. The van der Waals surface area contributed by atoms with Crippen molar-refractivity contribution in [3.05, 3.63) is 70.4 Å². The molecule has 1 aliphatic rings. The molecule has 0 fully saturated rings. The maximum Gasteiger partial charge on any atom is 0.226 e. The number of hydrogen-bond donors (Lipinski definition) is 1. The molecular formula is C21H19ClN2O3. The fraction of sp³-hybridized carbons (Fsp3) is 0.238. The molecule has 1 unspecified atom stereocenters. The Labute approximate surface area is 162 Å². The Morgan fingerprint density at radius 2 is 2.11 bits per heavy atom. The number of fused-ring (bicyclic) bond motifs is 1. The fourth-order valence-electron chi connectivity index (χ4n) is 3.17. The fourth-order valence-corrected chi connectivity index (χ4v) is 3.37. The second-order valence-electron chi connectivity index (χ2n) is 6.68. The van der Waals surface area contributed by atoms with Crippen LogP contribution in [0.1, 0.15) is 23.7 Å². The van der Waals surface area contributed by atoms with E-state index >= 15 is 0 Å². The van der Waals surface area contributed by atoms with Crippen molar-refractivity contribution in [1.82, 2.24) is 10.5 Å². The monoisotopic (exact) mass is 382 g/mol. The van der Waals surface area contributed by atoms with Gasteiger partial charge in [0.15, 0.2) is 5.76 Å². The third-order valence-corrected chi connectivity index (χ3v) is 4.88. The highest BCUT2D eigenvalue weighted by atomic mass is 35.5. The zero-order chi connectivity index (χ0) is 18.8. The first kappa shape index (κ1) is 17.6. The van der Waals surface area contributed by atoms with Crippen molar-refractivity contribution in [2.75, 3.05) is 0 Å². The summed E-state index contributed by atoms with van der Waals surface area (Å²) >= 11 is 6.10. The van der Waals surface area contributed by atoms with Crippen molar-refractivity contribution >= 4 is 17.5 Å². The maximum atomic E-state index is 12.2. The molecule has 138 valence electrons. The standard InChI is InChI=1S/C21H19ClN2O3/c1-13-8-16-9-14(6-7-19(16)26-13)20-10-17(24-27-20)11-21(25)23-12-15-4-2-3-5-18(15)22/h2-7,9-10,13H,8,11-12H2,1H3,(H,23,25). The van der Waals surface area contributed by atoms with Gasteiger partial charge in [0.05, 0.1) is 12.1 Å². The summed E-state index contributed by atoms with van der Waals surface area (Å²) in [6.07, 6.45) is 1.23. The second kappa shape index (κ2) is 7.45. The zero-order valence-electron chi connectivity index (χ0n) is 14.9. The number of nitrogens with zero attached hydrogens (tertiary/aromatic N) is 1. The van der Waals surface area contributed by atoms with Gasteiger partial charge in [0, 0.05) is 29.6 Å². The lowest BCUT2D eigenvalue weighted by atomic mass is 10.1. The molecule has 1 N–H and O–H groups in total. The van der Waals surface area contributed by atoms with Gasteiger partial charge < -0.3 is 14.6 Å². The van der Waals surface area contributed by atoms with E-state index in [0.29, 0.717) is 23.0 Å². The Morgan fingerprint density at radius 1 is 1.26 bits per heavy atom. The van der Waals surface area contributed by atoms with E-state index in [4.69, 9.17) is 20.9 Å². The first-order valence-electron chi connectivity index (χ1n) is 8.84. The third-order valence-electron chi connectivity index (χ3n) is 4.52. The summed E-state index contributed by atoms with van der Waals surface area (Å²) in [7, 11) is 0. The van der Waals surface area contributed by atoms with Gasteiger partial charge >= 0.3 is 0 Å². The predicted molar refractivity (Wildman–Crippen MR) is 103 cm³/mol. The van der Waals surface area contributed by atoms with Crippen molar-refractivity contribution in [2.24, 2.45) is 0 Å². The van der Waals surface area contributed by atoms with Crippen LogP contribution in [-0.4, -0.2) is 17.2 Å². The highest BCUT2D eigenvalue weighted by molar-refractivity contribution is 6.31. The minimum absolute atomic E-state index is 0.133. The van der Waals surface area contributed by atoms with Crippen LogP contribution < -0.4 is 10.1 Å². The number of aromatic nitrogens is 1. The molecule has 3 aromatic rings. The van der Waals surface area contributed by atoms with E-state index < -0.39 is 0 Å². The molecule has 0 bridgehead atoms. The molecule has 2 heterocycles. The number of rotatable bonds is 5. The zero-order valence-corrected chi connectivity index (χ0v) is 15.6. The molecule has 5 nitrogen and oxygen atoms in total. The number of carbonyl (C=O) groups is 1. The largest absolute Gasteiger partial charge is 0.490 e. The van der Waals surface area contributed by atoms with E-state index in [9.17, 15) is 4.79 Å². The lowest BCUT2D eigenvalue weighted by Crippen LogP contribution is -2.24.